The standard InChI is InChI=1S/C18H31N5O5S/c1-3-5-13-28-14-7-10-20-18(19-4-2)21-11-12-22-29(26,27)17-9-6-8-16(15-17)23(24)25/h6,8-9,15,22H,3-5,7,10-14H2,1-2H3,(H2,19,20,21). The molecule has 0 aliphatic carbocycles. The summed E-state index contributed by atoms with van der Waals surface area (Å²) in [4.78, 5) is 14.4. The van der Waals surface area contributed by atoms with Gasteiger partial charge < -0.3 is 15.4 Å². The van der Waals surface area contributed by atoms with Crippen LogP contribution in [0.5, 0.6) is 0 Å². The van der Waals surface area contributed by atoms with Crippen molar-refractivity contribution in [2.75, 3.05) is 39.4 Å². The molecule has 0 aliphatic rings. The molecular weight excluding hydrogens is 398 g/mol. The summed E-state index contributed by atoms with van der Waals surface area (Å²) in [5.41, 5.74) is -0.272. The van der Waals surface area contributed by atoms with Gasteiger partial charge in [-0.05, 0) is 25.8 Å². The normalized spacial score (nSPS) is 12.0. The van der Waals surface area contributed by atoms with Crippen molar-refractivity contribution in [2.24, 2.45) is 4.99 Å². The molecule has 1 rings (SSSR count). The van der Waals surface area contributed by atoms with E-state index in [0.717, 1.165) is 31.9 Å². The Labute approximate surface area is 172 Å². The van der Waals surface area contributed by atoms with Crippen molar-refractivity contribution in [3.05, 3.63) is 34.4 Å². The van der Waals surface area contributed by atoms with E-state index in [-0.39, 0.29) is 17.1 Å². The third-order valence-corrected chi connectivity index (χ3v) is 5.21. The van der Waals surface area contributed by atoms with E-state index in [0.29, 0.717) is 32.2 Å². The Morgan fingerprint density at radius 3 is 2.62 bits per heavy atom. The van der Waals surface area contributed by atoms with Gasteiger partial charge in [-0.3, -0.25) is 15.1 Å². The molecule has 0 bridgehead atoms. The molecule has 0 unspecified atom stereocenters. The first-order valence-corrected chi connectivity index (χ1v) is 11.2. The summed E-state index contributed by atoms with van der Waals surface area (Å²) in [5, 5.41) is 16.9. The number of benzene rings is 1. The minimum absolute atomic E-state index is 0.107. The molecular formula is C18H31N5O5S. The van der Waals surface area contributed by atoms with Gasteiger partial charge in [-0.2, -0.15) is 0 Å². The van der Waals surface area contributed by atoms with Crippen LogP contribution in [0.1, 0.15) is 33.1 Å². The van der Waals surface area contributed by atoms with E-state index in [1.807, 2.05) is 6.92 Å². The van der Waals surface area contributed by atoms with Crippen LogP contribution < -0.4 is 15.4 Å². The number of nitro groups is 1. The van der Waals surface area contributed by atoms with Crippen LogP contribution in [0.15, 0.2) is 34.2 Å². The van der Waals surface area contributed by atoms with Crippen LogP contribution in [0.25, 0.3) is 0 Å². The zero-order valence-electron chi connectivity index (χ0n) is 17.0. The lowest BCUT2D eigenvalue weighted by Gasteiger charge is -2.12. The van der Waals surface area contributed by atoms with E-state index in [4.69, 9.17) is 4.74 Å². The molecule has 0 aromatic heterocycles. The molecule has 0 atom stereocenters. The summed E-state index contributed by atoms with van der Waals surface area (Å²) in [6, 6.07) is 4.93. The Morgan fingerprint density at radius 2 is 1.93 bits per heavy atom. The van der Waals surface area contributed by atoms with E-state index in [1.165, 1.54) is 18.2 Å². The van der Waals surface area contributed by atoms with Crippen molar-refractivity contribution in [2.45, 2.75) is 38.0 Å². The molecule has 0 heterocycles. The summed E-state index contributed by atoms with van der Waals surface area (Å²) in [7, 11) is -3.83. The lowest BCUT2D eigenvalue weighted by molar-refractivity contribution is -0.385. The highest BCUT2D eigenvalue weighted by Crippen LogP contribution is 2.16. The van der Waals surface area contributed by atoms with Gasteiger partial charge in [0.05, 0.1) is 9.82 Å². The predicted molar refractivity (Wildman–Crippen MR) is 113 cm³/mol. The fraction of sp³-hybridized carbons (Fsp3) is 0.611. The first-order valence-electron chi connectivity index (χ1n) is 9.74. The van der Waals surface area contributed by atoms with Gasteiger partial charge in [-0.1, -0.05) is 19.4 Å². The number of rotatable bonds is 14. The summed E-state index contributed by atoms with van der Waals surface area (Å²) in [6.45, 7) is 7.18. The molecule has 1 aromatic rings. The summed E-state index contributed by atoms with van der Waals surface area (Å²) < 4.78 is 32.5. The third-order valence-electron chi connectivity index (χ3n) is 3.75. The fourth-order valence-corrected chi connectivity index (χ4v) is 3.33. The second kappa shape index (κ2) is 13.9. The number of aliphatic imine (C=N–C) groups is 1. The van der Waals surface area contributed by atoms with Gasteiger partial charge in [-0.25, -0.2) is 13.1 Å². The Balaban J connectivity index is 2.43. The minimum atomic E-state index is -3.83. The number of non-ortho nitro benzene ring substituents is 1. The molecule has 0 saturated carbocycles. The van der Waals surface area contributed by atoms with E-state index in [9.17, 15) is 18.5 Å². The average molecular weight is 430 g/mol. The van der Waals surface area contributed by atoms with Gasteiger partial charge >= 0.3 is 0 Å². The molecule has 11 heteroatoms. The monoisotopic (exact) mass is 429 g/mol. The van der Waals surface area contributed by atoms with E-state index in [2.05, 4.69) is 27.3 Å². The van der Waals surface area contributed by atoms with Crippen LogP contribution in [0.2, 0.25) is 0 Å². The Morgan fingerprint density at radius 1 is 1.17 bits per heavy atom. The molecule has 0 amide bonds. The smallest absolute Gasteiger partial charge is 0.270 e. The molecule has 0 aliphatic heterocycles. The van der Waals surface area contributed by atoms with E-state index < -0.39 is 14.9 Å². The highest BCUT2D eigenvalue weighted by atomic mass is 32.2. The first kappa shape index (κ1) is 24.8. The molecule has 1 aromatic carbocycles. The third kappa shape index (κ3) is 10.2. The molecule has 0 spiro atoms. The molecule has 3 N–H and O–H groups in total. The Bertz CT molecular complexity index is 755. The van der Waals surface area contributed by atoms with Crippen molar-refractivity contribution >= 4 is 21.7 Å². The highest BCUT2D eigenvalue weighted by Gasteiger charge is 2.16. The summed E-state index contributed by atoms with van der Waals surface area (Å²) >= 11 is 0. The van der Waals surface area contributed by atoms with E-state index in [1.54, 1.807) is 0 Å². The van der Waals surface area contributed by atoms with Crippen LogP contribution >= 0.6 is 0 Å². The number of nitro benzene ring substituents is 1. The largest absolute Gasteiger partial charge is 0.381 e. The number of hydrogen-bond acceptors (Lipinski definition) is 6. The Kier molecular flexibility index (Phi) is 11.8. The van der Waals surface area contributed by atoms with Crippen molar-refractivity contribution in [3.63, 3.8) is 0 Å². The van der Waals surface area contributed by atoms with Gasteiger partial charge in [-0.15, -0.1) is 0 Å². The number of nitrogens with one attached hydrogen (secondary N) is 3. The van der Waals surface area contributed by atoms with Gasteiger partial charge in [0.15, 0.2) is 5.96 Å². The number of hydrogen-bond donors (Lipinski definition) is 3. The second-order valence-electron chi connectivity index (χ2n) is 6.16. The zero-order chi connectivity index (χ0) is 21.5. The van der Waals surface area contributed by atoms with Crippen LogP contribution in [0, 0.1) is 10.1 Å². The topological polar surface area (TPSA) is 135 Å². The average Bonchev–Trinajstić information content (AvgIpc) is 2.70. The van der Waals surface area contributed by atoms with Gasteiger partial charge in [0.2, 0.25) is 10.0 Å². The van der Waals surface area contributed by atoms with Gasteiger partial charge in [0.1, 0.15) is 0 Å². The van der Waals surface area contributed by atoms with Gasteiger partial charge in [0, 0.05) is 51.5 Å². The van der Waals surface area contributed by atoms with Crippen molar-refractivity contribution in [1.29, 1.82) is 0 Å². The number of nitrogens with zero attached hydrogens (tertiary/aromatic N) is 2. The number of guanidine groups is 1. The fourth-order valence-electron chi connectivity index (χ4n) is 2.26. The van der Waals surface area contributed by atoms with Crippen LogP contribution in [-0.4, -0.2) is 58.7 Å². The second-order valence-corrected chi connectivity index (χ2v) is 7.93. The maximum absolute atomic E-state index is 12.3. The lowest BCUT2D eigenvalue weighted by Crippen LogP contribution is -2.41. The highest BCUT2D eigenvalue weighted by molar-refractivity contribution is 7.89. The minimum Gasteiger partial charge on any atom is -0.381 e. The molecule has 164 valence electrons. The molecule has 10 nitrogen and oxygen atoms in total. The van der Waals surface area contributed by atoms with Crippen LogP contribution in [0.4, 0.5) is 5.69 Å². The maximum atomic E-state index is 12.3. The number of sulfonamides is 1. The zero-order valence-corrected chi connectivity index (χ0v) is 17.8. The molecule has 0 saturated heterocycles. The predicted octanol–water partition coefficient (Wildman–Crippen LogP) is 1.64. The molecule has 0 fully saturated rings. The molecule has 0 radical (unpaired) electrons. The summed E-state index contributed by atoms with van der Waals surface area (Å²) in [5.74, 6) is 0.593. The number of ether oxygens (including phenoxy) is 1. The quantitative estimate of drug-likeness (QED) is 0.134. The van der Waals surface area contributed by atoms with Crippen LogP contribution in [-0.2, 0) is 14.8 Å². The van der Waals surface area contributed by atoms with Crippen molar-refractivity contribution in [3.8, 4) is 0 Å². The van der Waals surface area contributed by atoms with Crippen molar-refractivity contribution in [1.82, 2.24) is 15.4 Å². The van der Waals surface area contributed by atoms with Crippen LogP contribution in [0.3, 0.4) is 0 Å². The van der Waals surface area contributed by atoms with Crippen molar-refractivity contribution < 1.29 is 18.1 Å². The summed E-state index contributed by atoms with van der Waals surface area (Å²) in [6.07, 6.45) is 2.97. The number of unbranched alkanes of at least 4 members (excludes halogenated alkanes) is 1. The first-order chi connectivity index (χ1) is 13.9. The maximum Gasteiger partial charge on any atom is 0.270 e. The molecule has 29 heavy (non-hydrogen) atoms. The lowest BCUT2D eigenvalue weighted by atomic mass is 10.3. The van der Waals surface area contributed by atoms with E-state index >= 15 is 0 Å². The van der Waals surface area contributed by atoms with Gasteiger partial charge in [0.25, 0.3) is 5.69 Å². The Hall–Kier alpha value is -2.24. The SMILES string of the molecule is CCCCOCCCN=C(NCC)NCCNS(=O)(=O)c1cccc([N+](=O)[O-])c1.